The molecule has 1 fully saturated rings. The van der Waals surface area contributed by atoms with Crippen molar-refractivity contribution in [2.75, 3.05) is 33.4 Å². The molecule has 6 nitrogen and oxygen atoms in total. The van der Waals surface area contributed by atoms with Crippen LogP contribution in [0.4, 0.5) is 11.4 Å². The number of likely N-dealkylation sites (N-methyl/N-ethyl adjacent to an activating group) is 2. The van der Waals surface area contributed by atoms with Crippen molar-refractivity contribution in [3.8, 4) is 0 Å². The average molecular weight is 292 g/mol. The quantitative estimate of drug-likeness (QED) is 0.493. The zero-order valence-electron chi connectivity index (χ0n) is 13.0. The molecule has 2 rings (SSSR count). The Hall–Kier alpha value is -1.66. The topological polar surface area (TPSA) is 75.6 Å². The summed E-state index contributed by atoms with van der Waals surface area (Å²) in [6, 6.07) is 4.65. The fourth-order valence-electron chi connectivity index (χ4n) is 3.02. The Labute approximate surface area is 125 Å². The predicted molar refractivity (Wildman–Crippen MR) is 84.1 cm³/mol. The first-order valence-electron chi connectivity index (χ1n) is 7.23. The standard InChI is InChI=1S/C15H24N4O2/c1-17(2)15(7-4-8-15)11-18(3)10-12-9-13(19(20)21)5-6-14(12)16/h5-6,9H,4,7-8,10-11,16H2,1-3H3. The summed E-state index contributed by atoms with van der Waals surface area (Å²) in [7, 11) is 6.28. The molecule has 0 atom stereocenters. The maximum Gasteiger partial charge on any atom is 0.269 e. The third kappa shape index (κ3) is 3.33. The van der Waals surface area contributed by atoms with E-state index in [0.29, 0.717) is 12.2 Å². The number of benzene rings is 1. The smallest absolute Gasteiger partial charge is 0.269 e. The van der Waals surface area contributed by atoms with Crippen LogP contribution in [0.1, 0.15) is 24.8 Å². The molecule has 0 bridgehead atoms. The van der Waals surface area contributed by atoms with E-state index in [0.717, 1.165) is 12.1 Å². The molecule has 2 N–H and O–H groups in total. The van der Waals surface area contributed by atoms with Crippen molar-refractivity contribution < 1.29 is 4.92 Å². The van der Waals surface area contributed by atoms with Gasteiger partial charge >= 0.3 is 0 Å². The summed E-state index contributed by atoms with van der Waals surface area (Å²) in [5.74, 6) is 0. The minimum atomic E-state index is -0.379. The minimum absolute atomic E-state index is 0.0959. The Morgan fingerprint density at radius 3 is 2.48 bits per heavy atom. The number of nitro benzene ring substituents is 1. The molecule has 1 aliphatic rings. The van der Waals surface area contributed by atoms with E-state index in [1.807, 2.05) is 7.05 Å². The number of non-ortho nitro benzene ring substituents is 1. The van der Waals surface area contributed by atoms with E-state index < -0.39 is 0 Å². The van der Waals surface area contributed by atoms with Crippen LogP contribution in [0.3, 0.4) is 0 Å². The van der Waals surface area contributed by atoms with E-state index in [1.54, 1.807) is 12.1 Å². The summed E-state index contributed by atoms with van der Waals surface area (Å²) in [6.45, 7) is 1.57. The van der Waals surface area contributed by atoms with Gasteiger partial charge in [-0.3, -0.25) is 10.1 Å². The maximum atomic E-state index is 10.9. The highest BCUT2D eigenvalue weighted by Gasteiger charge is 2.39. The zero-order valence-corrected chi connectivity index (χ0v) is 13.0. The molecule has 1 aromatic rings. The van der Waals surface area contributed by atoms with E-state index in [1.165, 1.54) is 25.3 Å². The molecule has 1 aromatic carbocycles. The maximum absolute atomic E-state index is 10.9. The number of nitro groups is 1. The fraction of sp³-hybridized carbons (Fsp3) is 0.600. The lowest BCUT2D eigenvalue weighted by atomic mass is 9.75. The molecule has 6 heteroatoms. The van der Waals surface area contributed by atoms with Crippen molar-refractivity contribution in [2.45, 2.75) is 31.3 Å². The molecule has 0 spiro atoms. The number of anilines is 1. The van der Waals surface area contributed by atoms with Gasteiger partial charge in [-0.05, 0) is 52.0 Å². The van der Waals surface area contributed by atoms with Crippen LogP contribution in [0.25, 0.3) is 0 Å². The molecular formula is C15H24N4O2. The summed E-state index contributed by atoms with van der Waals surface area (Å²) in [5.41, 5.74) is 7.71. The molecule has 0 aromatic heterocycles. The second-order valence-corrected chi connectivity index (χ2v) is 6.28. The van der Waals surface area contributed by atoms with Gasteiger partial charge in [0.2, 0.25) is 0 Å². The largest absolute Gasteiger partial charge is 0.398 e. The van der Waals surface area contributed by atoms with Crippen molar-refractivity contribution in [1.82, 2.24) is 9.80 Å². The van der Waals surface area contributed by atoms with Gasteiger partial charge in [-0.25, -0.2) is 0 Å². The van der Waals surface area contributed by atoms with Gasteiger partial charge in [0, 0.05) is 36.4 Å². The molecule has 1 aliphatic carbocycles. The normalized spacial score (nSPS) is 17.0. The number of nitrogens with zero attached hydrogens (tertiary/aromatic N) is 3. The SMILES string of the molecule is CN(Cc1cc([N+](=O)[O-])ccc1N)CC1(N(C)C)CCC1. The van der Waals surface area contributed by atoms with Gasteiger partial charge in [0.1, 0.15) is 0 Å². The Bertz CT molecular complexity index is 526. The third-order valence-electron chi connectivity index (χ3n) is 4.57. The lowest BCUT2D eigenvalue weighted by Gasteiger charge is -2.49. The highest BCUT2D eigenvalue weighted by molar-refractivity contribution is 5.52. The van der Waals surface area contributed by atoms with E-state index in [2.05, 4.69) is 23.9 Å². The number of nitrogens with two attached hydrogens (primary N) is 1. The van der Waals surface area contributed by atoms with Crippen LogP contribution in [0.5, 0.6) is 0 Å². The van der Waals surface area contributed by atoms with Crippen molar-refractivity contribution in [3.05, 3.63) is 33.9 Å². The Kier molecular flexibility index (Phi) is 4.49. The van der Waals surface area contributed by atoms with Gasteiger partial charge in [-0.1, -0.05) is 0 Å². The van der Waals surface area contributed by atoms with Gasteiger partial charge < -0.3 is 15.5 Å². The first-order valence-corrected chi connectivity index (χ1v) is 7.23. The van der Waals surface area contributed by atoms with Crippen LogP contribution in [-0.2, 0) is 6.54 Å². The summed E-state index contributed by atoms with van der Waals surface area (Å²) in [5, 5.41) is 10.9. The van der Waals surface area contributed by atoms with Crippen LogP contribution in [0.15, 0.2) is 18.2 Å². The Morgan fingerprint density at radius 2 is 2.00 bits per heavy atom. The van der Waals surface area contributed by atoms with Gasteiger partial charge in [0.05, 0.1) is 4.92 Å². The summed E-state index contributed by atoms with van der Waals surface area (Å²) in [6.07, 6.45) is 3.68. The zero-order chi connectivity index (χ0) is 15.6. The third-order valence-corrected chi connectivity index (χ3v) is 4.57. The van der Waals surface area contributed by atoms with Crippen molar-refractivity contribution >= 4 is 11.4 Å². The van der Waals surface area contributed by atoms with Crippen molar-refractivity contribution in [3.63, 3.8) is 0 Å². The van der Waals surface area contributed by atoms with Crippen LogP contribution in [0.2, 0.25) is 0 Å². The lowest BCUT2D eigenvalue weighted by Crippen LogP contribution is -2.56. The van der Waals surface area contributed by atoms with Gasteiger partial charge in [-0.15, -0.1) is 0 Å². The van der Waals surface area contributed by atoms with Gasteiger partial charge in [0.15, 0.2) is 0 Å². The molecule has 116 valence electrons. The highest BCUT2D eigenvalue weighted by atomic mass is 16.6. The molecule has 0 amide bonds. The molecule has 0 radical (unpaired) electrons. The molecule has 0 unspecified atom stereocenters. The van der Waals surface area contributed by atoms with E-state index >= 15 is 0 Å². The number of hydrogen-bond acceptors (Lipinski definition) is 5. The molecule has 0 saturated heterocycles. The Morgan fingerprint density at radius 1 is 1.33 bits per heavy atom. The van der Waals surface area contributed by atoms with Gasteiger partial charge in [-0.2, -0.15) is 0 Å². The molecule has 0 heterocycles. The number of nitrogen functional groups attached to an aromatic ring is 1. The second-order valence-electron chi connectivity index (χ2n) is 6.28. The fourth-order valence-corrected chi connectivity index (χ4v) is 3.02. The van der Waals surface area contributed by atoms with E-state index in [9.17, 15) is 10.1 Å². The molecule has 1 saturated carbocycles. The molecule has 0 aliphatic heterocycles. The molecule has 21 heavy (non-hydrogen) atoms. The summed E-state index contributed by atoms with van der Waals surface area (Å²) < 4.78 is 0. The van der Waals surface area contributed by atoms with Crippen LogP contribution in [0, 0.1) is 10.1 Å². The second kappa shape index (κ2) is 5.99. The Balaban J connectivity index is 2.07. The minimum Gasteiger partial charge on any atom is -0.398 e. The monoisotopic (exact) mass is 292 g/mol. The average Bonchev–Trinajstić information content (AvgIpc) is 2.35. The highest BCUT2D eigenvalue weighted by Crippen LogP contribution is 2.37. The molecular weight excluding hydrogens is 268 g/mol. The first-order chi connectivity index (χ1) is 9.84. The first kappa shape index (κ1) is 15.7. The van der Waals surface area contributed by atoms with Gasteiger partial charge in [0.25, 0.3) is 5.69 Å². The van der Waals surface area contributed by atoms with Crippen LogP contribution < -0.4 is 5.73 Å². The lowest BCUT2D eigenvalue weighted by molar-refractivity contribution is -0.384. The number of rotatable bonds is 6. The number of hydrogen-bond donors (Lipinski definition) is 1. The summed E-state index contributed by atoms with van der Waals surface area (Å²) in [4.78, 5) is 15.0. The predicted octanol–water partition coefficient (Wildman–Crippen LogP) is 2.09. The van der Waals surface area contributed by atoms with Crippen molar-refractivity contribution in [1.29, 1.82) is 0 Å². The van der Waals surface area contributed by atoms with Crippen molar-refractivity contribution in [2.24, 2.45) is 0 Å². The van der Waals surface area contributed by atoms with Crippen LogP contribution in [-0.4, -0.2) is 47.9 Å². The van der Waals surface area contributed by atoms with Crippen LogP contribution >= 0.6 is 0 Å². The van der Waals surface area contributed by atoms with E-state index in [4.69, 9.17) is 5.73 Å². The summed E-state index contributed by atoms with van der Waals surface area (Å²) >= 11 is 0. The van der Waals surface area contributed by atoms with E-state index in [-0.39, 0.29) is 16.1 Å².